The Morgan fingerprint density at radius 3 is 2.53 bits per heavy atom. The summed E-state index contributed by atoms with van der Waals surface area (Å²) in [6.07, 6.45) is 1.95. The summed E-state index contributed by atoms with van der Waals surface area (Å²) >= 11 is 0. The Bertz CT molecular complexity index is 1210. The minimum absolute atomic E-state index is 0.110. The largest absolute Gasteiger partial charge is 0.364 e. The van der Waals surface area contributed by atoms with Crippen LogP contribution in [0.1, 0.15) is 47.9 Å². The van der Waals surface area contributed by atoms with Crippen molar-refractivity contribution in [2.24, 2.45) is 11.5 Å². The molecule has 1 atom stereocenters. The molecule has 0 bridgehead atoms. The number of carbonyl (C=O) groups excluding carboxylic acids is 1. The van der Waals surface area contributed by atoms with Crippen LogP contribution in [0.15, 0.2) is 60.7 Å². The van der Waals surface area contributed by atoms with E-state index in [9.17, 15) is 4.79 Å². The number of aryl methyl sites for hydroxylation is 1. The fourth-order valence-electron chi connectivity index (χ4n) is 3.92. The van der Waals surface area contributed by atoms with Crippen LogP contribution in [0, 0.1) is 0 Å². The van der Waals surface area contributed by atoms with Crippen molar-refractivity contribution in [3.63, 3.8) is 0 Å². The number of hydrogen-bond acceptors (Lipinski definition) is 4. The molecule has 6 nitrogen and oxygen atoms in total. The highest BCUT2D eigenvalue weighted by Gasteiger charge is 2.22. The molecule has 2 heterocycles. The fraction of sp³-hybridized carbons (Fsp3) is 0.208. The van der Waals surface area contributed by atoms with Crippen molar-refractivity contribution in [2.45, 2.75) is 32.7 Å². The Kier molecular flexibility index (Phi) is 5.33. The second-order valence-corrected chi connectivity index (χ2v) is 7.09. The third kappa shape index (κ3) is 3.35. The van der Waals surface area contributed by atoms with E-state index in [1.165, 1.54) is 11.1 Å². The van der Waals surface area contributed by atoms with Gasteiger partial charge in [-0.15, -0.1) is 0 Å². The third-order valence-electron chi connectivity index (χ3n) is 5.32. The van der Waals surface area contributed by atoms with Crippen LogP contribution in [0.2, 0.25) is 0 Å². The van der Waals surface area contributed by atoms with Gasteiger partial charge < -0.3 is 11.5 Å². The second kappa shape index (κ2) is 8.08. The quantitative estimate of drug-likeness (QED) is 0.541. The maximum atomic E-state index is 11.6. The van der Waals surface area contributed by atoms with Gasteiger partial charge in [0.15, 0.2) is 5.65 Å². The molecular formula is C24H25N5O. The number of primary amides is 1. The number of carbonyl (C=O) groups is 1. The molecule has 0 saturated carbocycles. The van der Waals surface area contributed by atoms with Crippen LogP contribution >= 0.6 is 0 Å². The van der Waals surface area contributed by atoms with Crippen molar-refractivity contribution in [3.05, 3.63) is 77.5 Å². The Labute approximate surface area is 175 Å². The average molecular weight is 399 g/mol. The van der Waals surface area contributed by atoms with Crippen LogP contribution in [0.4, 0.5) is 0 Å². The van der Waals surface area contributed by atoms with E-state index in [1.807, 2.05) is 44.2 Å². The van der Waals surface area contributed by atoms with Gasteiger partial charge >= 0.3 is 0 Å². The van der Waals surface area contributed by atoms with Crippen molar-refractivity contribution < 1.29 is 4.79 Å². The van der Waals surface area contributed by atoms with Crippen LogP contribution < -0.4 is 11.5 Å². The number of benzene rings is 2. The van der Waals surface area contributed by atoms with Gasteiger partial charge in [-0.3, -0.25) is 4.79 Å². The van der Waals surface area contributed by atoms with E-state index in [4.69, 9.17) is 16.5 Å². The SMILES string of the molecule is CC.NC(=O)c1ccc2nc(-c3ccc4c(c3)CCC4N)c(-c3ccccc3)n2n1. The van der Waals surface area contributed by atoms with E-state index in [1.54, 1.807) is 16.6 Å². The lowest BCUT2D eigenvalue weighted by atomic mass is 10.0. The Morgan fingerprint density at radius 1 is 1.03 bits per heavy atom. The van der Waals surface area contributed by atoms with Gasteiger partial charge in [-0.2, -0.15) is 5.10 Å². The molecule has 2 aromatic carbocycles. The van der Waals surface area contributed by atoms with Crippen LogP contribution in [0.25, 0.3) is 28.2 Å². The molecule has 1 aliphatic rings. The highest BCUT2D eigenvalue weighted by atomic mass is 16.1. The van der Waals surface area contributed by atoms with Crippen molar-refractivity contribution in [1.82, 2.24) is 14.6 Å². The number of nitrogens with zero attached hydrogens (tertiary/aromatic N) is 3. The normalized spacial score (nSPS) is 14.8. The Balaban J connectivity index is 0.00000106. The van der Waals surface area contributed by atoms with E-state index in [2.05, 4.69) is 23.3 Å². The molecule has 1 amide bonds. The first kappa shape index (κ1) is 19.8. The standard InChI is InChI=1S/C22H19N5O.C2H6/c23-17-9-7-14-12-15(6-8-16(14)17)20-21(13-4-2-1-3-5-13)27-19(25-20)11-10-18(26-27)22(24)28;1-2/h1-6,8,10-12,17H,7,9,23H2,(H2,24,28);1-2H3. The van der Waals surface area contributed by atoms with Crippen LogP contribution in [-0.2, 0) is 6.42 Å². The molecule has 0 radical (unpaired) electrons. The molecule has 1 unspecified atom stereocenters. The number of aromatic nitrogens is 3. The number of rotatable bonds is 3. The molecule has 2 aromatic heterocycles. The number of nitrogens with two attached hydrogens (primary N) is 2. The minimum Gasteiger partial charge on any atom is -0.364 e. The summed E-state index contributed by atoms with van der Waals surface area (Å²) < 4.78 is 1.70. The van der Waals surface area contributed by atoms with Gasteiger partial charge in [0.25, 0.3) is 5.91 Å². The highest BCUT2D eigenvalue weighted by molar-refractivity contribution is 5.91. The van der Waals surface area contributed by atoms with Gasteiger partial charge in [-0.1, -0.05) is 56.3 Å². The highest BCUT2D eigenvalue weighted by Crippen LogP contribution is 2.36. The fourth-order valence-corrected chi connectivity index (χ4v) is 3.92. The maximum Gasteiger partial charge on any atom is 0.269 e. The molecule has 6 heteroatoms. The van der Waals surface area contributed by atoms with Crippen LogP contribution in [0.5, 0.6) is 0 Å². The van der Waals surface area contributed by atoms with Crippen molar-refractivity contribution in [1.29, 1.82) is 0 Å². The van der Waals surface area contributed by atoms with Crippen LogP contribution in [-0.4, -0.2) is 20.5 Å². The van der Waals surface area contributed by atoms with Gasteiger partial charge in [0, 0.05) is 17.2 Å². The summed E-state index contributed by atoms with van der Waals surface area (Å²) in [7, 11) is 0. The van der Waals surface area contributed by atoms with E-state index in [0.717, 1.165) is 35.4 Å². The summed E-state index contributed by atoms with van der Waals surface area (Å²) in [4.78, 5) is 16.5. The maximum absolute atomic E-state index is 11.6. The summed E-state index contributed by atoms with van der Waals surface area (Å²) in [6, 6.07) is 19.7. The predicted octanol–water partition coefficient (Wildman–Crippen LogP) is 4.13. The first-order chi connectivity index (χ1) is 14.6. The summed E-state index contributed by atoms with van der Waals surface area (Å²) in [5, 5.41) is 4.44. The number of imidazole rings is 1. The van der Waals surface area contributed by atoms with Gasteiger partial charge in [0.1, 0.15) is 11.4 Å². The molecule has 1 aliphatic carbocycles. The lowest BCUT2D eigenvalue weighted by Crippen LogP contribution is -2.14. The van der Waals surface area contributed by atoms with Crippen molar-refractivity contribution >= 4 is 11.6 Å². The molecule has 152 valence electrons. The molecular weight excluding hydrogens is 374 g/mol. The first-order valence-electron chi connectivity index (χ1n) is 10.3. The van der Waals surface area contributed by atoms with Crippen molar-refractivity contribution in [2.75, 3.05) is 0 Å². The molecule has 0 aliphatic heterocycles. The van der Waals surface area contributed by atoms with E-state index in [-0.39, 0.29) is 11.7 Å². The molecule has 4 aromatic rings. The predicted molar refractivity (Wildman–Crippen MR) is 119 cm³/mol. The lowest BCUT2D eigenvalue weighted by Gasteiger charge is -2.08. The van der Waals surface area contributed by atoms with E-state index < -0.39 is 5.91 Å². The van der Waals surface area contributed by atoms with Gasteiger partial charge in [-0.05, 0) is 42.2 Å². The Hall–Kier alpha value is -3.51. The summed E-state index contributed by atoms with van der Waals surface area (Å²) in [6.45, 7) is 4.00. The summed E-state index contributed by atoms with van der Waals surface area (Å²) in [5.74, 6) is -0.567. The molecule has 0 spiro atoms. The lowest BCUT2D eigenvalue weighted by molar-refractivity contribution is 0.0994. The summed E-state index contributed by atoms with van der Waals surface area (Å²) in [5.41, 5.74) is 18.6. The topological polar surface area (TPSA) is 99.3 Å². The zero-order chi connectivity index (χ0) is 21.3. The zero-order valence-corrected chi connectivity index (χ0v) is 17.2. The smallest absolute Gasteiger partial charge is 0.269 e. The zero-order valence-electron chi connectivity index (χ0n) is 17.2. The van der Waals surface area contributed by atoms with E-state index >= 15 is 0 Å². The van der Waals surface area contributed by atoms with Gasteiger partial charge in [0.05, 0.1) is 5.69 Å². The minimum atomic E-state index is -0.567. The number of fused-ring (bicyclic) bond motifs is 2. The number of hydrogen-bond donors (Lipinski definition) is 2. The average Bonchev–Trinajstić information content (AvgIpc) is 3.35. The molecule has 4 N–H and O–H groups in total. The third-order valence-corrected chi connectivity index (χ3v) is 5.32. The molecule has 5 rings (SSSR count). The molecule has 0 saturated heterocycles. The Morgan fingerprint density at radius 2 is 1.80 bits per heavy atom. The van der Waals surface area contributed by atoms with Crippen molar-refractivity contribution in [3.8, 4) is 22.5 Å². The first-order valence-corrected chi connectivity index (χ1v) is 10.3. The molecule has 30 heavy (non-hydrogen) atoms. The van der Waals surface area contributed by atoms with E-state index in [0.29, 0.717) is 5.65 Å². The second-order valence-electron chi connectivity index (χ2n) is 7.09. The van der Waals surface area contributed by atoms with Gasteiger partial charge in [0.2, 0.25) is 0 Å². The number of amides is 1. The van der Waals surface area contributed by atoms with Gasteiger partial charge in [-0.25, -0.2) is 9.50 Å². The molecule has 0 fully saturated rings. The monoisotopic (exact) mass is 399 g/mol. The van der Waals surface area contributed by atoms with Crippen LogP contribution in [0.3, 0.4) is 0 Å².